The summed E-state index contributed by atoms with van der Waals surface area (Å²) in [5.41, 5.74) is 1.81. The van der Waals surface area contributed by atoms with E-state index in [1.165, 1.54) is 10.5 Å². The molecule has 4 nitrogen and oxygen atoms in total. The highest BCUT2D eigenvalue weighted by Crippen LogP contribution is 2.25. The average Bonchev–Trinajstić information content (AvgIpc) is 2.79. The molecule has 1 atom stereocenters. The van der Waals surface area contributed by atoms with Crippen LogP contribution in [-0.4, -0.2) is 29.5 Å². The van der Waals surface area contributed by atoms with Gasteiger partial charge in [-0.3, -0.25) is 9.69 Å². The summed E-state index contributed by atoms with van der Waals surface area (Å²) < 4.78 is 5.03. The van der Waals surface area contributed by atoms with Crippen molar-refractivity contribution in [2.75, 3.05) is 6.73 Å². The van der Waals surface area contributed by atoms with E-state index in [9.17, 15) is 9.59 Å². The zero-order chi connectivity index (χ0) is 15.8. The molecule has 2 rings (SSSR count). The molecule has 1 aromatic rings. The van der Waals surface area contributed by atoms with E-state index in [2.05, 4.69) is 20.8 Å². The molecule has 0 spiro atoms. The second kappa shape index (κ2) is 5.51. The van der Waals surface area contributed by atoms with Gasteiger partial charge in [-0.15, -0.1) is 0 Å². The molecular formula is C17H23NO3. The van der Waals surface area contributed by atoms with Gasteiger partial charge in [0, 0.05) is 5.56 Å². The Morgan fingerprint density at radius 3 is 2.29 bits per heavy atom. The van der Waals surface area contributed by atoms with Crippen LogP contribution in [0.4, 0.5) is 0 Å². The maximum Gasteiger partial charge on any atom is 0.330 e. The van der Waals surface area contributed by atoms with Crippen molar-refractivity contribution in [1.82, 2.24) is 4.90 Å². The number of cyclic esters (lactones) is 1. The summed E-state index contributed by atoms with van der Waals surface area (Å²) in [6.45, 7) is 10.3. The summed E-state index contributed by atoms with van der Waals surface area (Å²) >= 11 is 0. The Labute approximate surface area is 126 Å². The predicted molar refractivity (Wildman–Crippen MR) is 80.9 cm³/mol. The molecule has 0 aliphatic carbocycles. The van der Waals surface area contributed by atoms with Crippen LogP contribution < -0.4 is 0 Å². The molecule has 1 aliphatic rings. The molecule has 21 heavy (non-hydrogen) atoms. The van der Waals surface area contributed by atoms with Gasteiger partial charge in [-0.05, 0) is 29.0 Å². The first kappa shape index (κ1) is 15.5. The van der Waals surface area contributed by atoms with Crippen LogP contribution in [0.25, 0.3) is 0 Å². The van der Waals surface area contributed by atoms with Gasteiger partial charge in [-0.2, -0.15) is 0 Å². The van der Waals surface area contributed by atoms with Crippen molar-refractivity contribution >= 4 is 11.9 Å². The third-order valence-electron chi connectivity index (χ3n) is 3.81. The lowest BCUT2D eigenvalue weighted by molar-refractivity contribution is -0.139. The normalized spacial score (nSPS) is 19.0. The van der Waals surface area contributed by atoms with Crippen molar-refractivity contribution in [3.05, 3.63) is 35.4 Å². The first-order valence-electron chi connectivity index (χ1n) is 7.30. The molecule has 1 amide bonds. The Kier molecular flexibility index (Phi) is 4.08. The molecular weight excluding hydrogens is 266 g/mol. The van der Waals surface area contributed by atoms with E-state index >= 15 is 0 Å². The predicted octanol–water partition coefficient (Wildman–Crippen LogP) is 2.97. The molecule has 0 N–H and O–H groups in total. The molecule has 1 fully saturated rings. The molecule has 0 saturated carbocycles. The highest BCUT2D eigenvalue weighted by Gasteiger charge is 2.40. The number of esters is 1. The fraction of sp³-hybridized carbons (Fsp3) is 0.529. The van der Waals surface area contributed by atoms with E-state index in [1.54, 1.807) is 0 Å². The second-order valence-corrected chi connectivity index (χ2v) is 6.88. The van der Waals surface area contributed by atoms with Crippen LogP contribution in [0.1, 0.15) is 50.5 Å². The van der Waals surface area contributed by atoms with Gasteiger partial charge in [0.25, 0.3) is 5.91 Å². The SMILES string of the molecule is CC(C)[C@H]1C(=O)OCN1C(=O)c1ccc(C(C)(C)C)cc1. The van der Waals surface area contributed by atoms with Gasteiger partial charge in [0.1, 0.15) is 6.04 Å². The molecule has 1 aliphatic heterocycles. The van der Waals surface area contributed by atoms with Gasteiger partial charge in [-0.25, -0.2) is 4.79 Å². The first-order valence-corrected chi connectivity index (χ1v) is 7.30. The van der Waals surface area contributed by atoms with E-state index in [0.717, 1.165) is 0 Å². The van der Waals surface area contributed by atoms with E-state index in [1.807, 2.05) is 38.1 Å². The number of hydrogen-bond donors (Lipinski definition) is 0. The van der Waals surface area contributed by atoms with E-state index in [4.69, 9.17) is 4.74 Å². The van der Waals surface area contributed by atoms with Gasteiger partial charge < -0.3 is 4.74 Å². The summed E-state index contributed by atoms with van der Waals surface area (Å²) in [7, 11) is 0. The Bertz CT molecular complexity index is 540. The number of benzene rings is 1. The maximum atomic E-state index is 12.6. The molecule has 1 aromatic carbocycles. The lowest BCUT2D eigenvalue weighted by Crippen LogP contribution is -2.41. The Hall–Kier alpha value is -1.84. The zero-order valence-electron chi connectivity index (χ0n) is 13.3. The zero-order valence-corrected chi connectivity index (χ0v) is 13.3. The molecule has 1 heterocycles. The lowest BCUT2D eigenvalue weighted by Gasteiger charge is -2.23. The van der Waals surface area contributed by atoms with Crippen molar-refractivity contribution in [2.45, 2.75) is 46.1 Å². The minimum Gasteiger partial charge on any atom is -0.443 e. The van der Waals surface area contributed by atoms with Crippen LogP contribution in [-0.2, 0) is 14.9 Å². The summed E-state index contributed by atoms with van der Waals surface area (Å²) in [5, 5.41) is 0. The van der Waals surface area contributed by atoms with Crippen molar-refractivity contribution in [2.24, 2.45) is 5.92 Å². The number of carbonyl (C=O) groups excluding carboxylic acids is 2. The minimum absolute atomic E-state index is 0.0396. The number of carbonyl (C=O) groups is 2. The van der Waals surface area contributed by atoms with Crippen molar-refractivity contribution in [3.63, 3.8) is 0 Å². The van der Waals surface area contributed by atoms with Crippen LogP contribution in [0.5, 0.6) is 0 Å². The highest BCUT2D eigenvalue weighted by molar-refractivity contribution is 5.98. The Morgan fingerprint density at radius 1 is 1.24 bits per heavy atom. The molecule has 0 unspecified atom stereocenters. The summed E-state index contributed by atoms with van der Waals surface area (Å²) in [5.74, 6) is -0.428. The van der Waals surface area contributed by atoms with Gasteiger partial charge in [-0.1, -0.05) is 46.8 Å². The minimum atomic E-state index is -0.486. The van der Waals surface area contributed by atoms with Crippen LogP contribution in [0, 0.1) is 5.92 Å². The van der Waals surface area contributed by atoms with Crippen LogP contribution in [0.3, 0.4) is 0 Å². The van der Waals surface area contributed by atoms with Gasteiger partial charge in [0.15, 0.2) is 6.73 Å². The number of nitrogens with zero attached hydrogens (tertiary/aromatic N) is 1. The van der Waals surface area contributed by atoms with E-state index < -0.39 is 6.04 Å². The van der Waals surface area contributed by atoms with Crippen molar-refractivity contribution in [3.8, 4) is 0 Å². The molecule has 0 aromatic heterocycles. The Balaban J connectivity index is 2.22. The van der Waals surface area contributed by atoms with Crippen LogP contribution >= 0.6 is 0 Å². The number of amides is 1. The van der Waals surface area contributed by atoms with E-state index in [-0.39, 0.29) is 29.9 Å². The summed E-state index contributed by atoms with van der Waals surface area (Å²) in [6.07, 6.45) is 0. The highest BCUT2D eigenvalue weighted by atomic mass is 16.6. The first-order chi connectivity index (χ1) is 9.71. The fourth-order valence-corrected chi connectivity index (χ4v) is 2.52. The van der Waals surface area contributed by atoms with Crippen molar-refractivity contribution in [1.29, 1.82) is 0 Å². The monoisotopic (exact) mass is 289 g/mol. The van der Waals surface area contributed by atoms with Gasteiger partial charge in [0.05, 0.1) is 0 Å². The third kappa shape index (κ3) is 3.09. The van der Waals surface area contributed by atoms with Gasteiger partial charge in [0.2, 0.25) is 0 Å². The lowest BCUT2D eigenvalue weighted by atomic mass is 9.86. The molecule has 1 saturated heterocycles. The molecule has 0 bridgehead atoms. The average molecular weight is 289 g/mol. The second-order valence-electron chi connectivity index (χ2n) is 6.88. The maximum absolute atomic E-state index is 12.6. The third-order valence-corrected chi connectivity index (χ3v) is 3.81. The molecule has 114 valence electrons. The van der Waals surface area contributed by atoms with Gasteiger partial charge >= 0.3 is 5.97 Å². The fourth-order valence-electron chi connectivity index (χ4n) is 2.52. The molecule has 4 heteroatoms. The summed E-state index contributed by atoms with van der Waals surface area (Å²) in [4.78, 5) is 25.8. The summed E-state index contributed by atoms with van der Waals surface area (Å²) in [6, 6.07) is 7.10. The standard InChI is InChI=1S/C17H23NO3/c1-11(2)14-16(20)21-10-18(14)15(19)12-6-8-13(9-7-12)17(3,4)5/h6-9,11,14H,10H2,1-5H3/t14-/m0/s1. The van der Waals surface area contributed by atoms with Crippen LogP contribution in [0.2, 0.25) is 0 Å². The molecule has 0 radical (unpaired) electrons. The smallest absolute Gasteiger partial charge is 0.330 e. The number of hydrogen-bond acceptors (Lipinski definition) is 3. The Morgan fingerprint density at radius 2 is 1.81 bits per heavy atom. The largest absolute Gasteiger partial charge is 0.443 e. The van der Waals surface area contributed by atoms with Crippen LogP contribution in [0.15, 0.2) is 24.3 Å². The topological polar surface area (TPSA) is 46.6 Å². The van der Waals surface area contributed by atoms with E-state index in [0.29, 0.717) is 5.56 Å². The number of rotatable bonds is 2. The quantitative estimate of drug-likeness (QED) is 0.786. The van der Waals surface area contributed by atoms with Crippen molar-refractivity contribution < 1.29 is 14.3 Å². The number of ether oxygens (including phenoxy) is 1.